The second-order valence-electron chi connectivity index (χ2n) is 7.41. The monoisotopic (exact) mass is 383 g/mol. The van der Waals surface area contributed by atoms with Crippen molar-refractivity contribution in [2.75, 3.05) is 18.4 Å². The number of hydrogen-bond acceptors (Lipinski definition) is 4. The van der Waals surface area contributed by atoms with Crippen LogP contribution >= 0.6 is 0 Å². The fourth-order valence-electron chi connectivity index (χ4n) is 3.50. The summed E-state index contributed by atoms with van der Waals surface area (Å²) in [5.41, 5.74) is 3.21. The van der Waals surface area contributed by atoms with Crippen LogP contribution in [0.5, 0.6) is 0 Å². The molecular formula is C21H29N5O2. The van der Waals surface area contributed by atoms with Crippen molar-refractivity contribution < 1.29 is 9.59 Å². The van der Waals surface area contributed by atoms with Crippen molar-refractivity contribution in [2.45, 2.75) is 52.7 Å². The standard InChI is InChI=1S/C21H29N5O2/c1-4-10-26-19(12-16(3)24-26)23-20(27)13-18-21(28)22-9-11-25(18)14-17-7-5-15(2)6-8-17/h5-8,12,18H,4,9-11,13-14H2,1-3H3,(H,22,28)(H,23,27). The van der Waals surface area contributed by atoms with E-state index in [0.29, 0.717) is 18.9 Å². The highest BCUT2D eigenvalue weighted by atomic mass is 16.2. The van der Waals surface area contributed by atoms with Gasteiger partial charge in [0.05, 0.1) is 18.2 Å². The van der Waals surface area contributed by atoms with E-state index >= 15 is 0 Å². The summed E-state index contributed by atoms with van der Waals surface area (Å²) in [6, 6.07) is 9.67. The van der Waals surface area contributed by atoms with Crippen molar-refractivity contribution in [3.63, 3.8) is 0 Å². The summed E-state index contributed by atoms with van der Waals surface area (Å²) in [6.45, 7) is 8.75. The first-order chi connectivity index (χ1) is 13.5. The summed E-state index contributed by atoms with van der Waals surface area (Å²) in [6.07, 6.45) is 1.05. The van der Waals surface area contributed by atoms with Gasteiger partial charge in [0.15, 0.2) is 0 Å². The summed E-state index contributed by atoms with van der Waals surface area (Å²) < 4.78 is 1.80. The Labute approximate surface area is 166 Å². The largest absolute Gasteiger partial charge is 0.353 e. The minimum atomic E-state index is -0.473. The van der Waals surface area contributed by atoms with E-state index in [-0.39, 0.29) is 18.2 Å². The maximum atomic E-state index is 12.7. The number of piperazine rings is 1. The van der Waals surface area contributed by atoms with Gasteiger partial charge in [-0.05, 0) is 25.8 Å². The molecule has 1 unspecified atom stereocenters. The summed E-state index contributed by atoms with van der Waals surface area (Å²) in [5, 5.41) is 10.2. The quantitative estimate of drug-likeness (QED) is 0.769. The van der Waals surface area contributed by atoms with Crippen molar-refractivity contribution in [1.82, 2.24) is 20.0 Å². The number of carbonyl (C=O) groups excluding carboxylic acids is 2. The van der Waals surface area contributed by atoms with Crippen LogP contribution in [0.2, 0.25) is 0 Å². The Bertz CT molecular complexity index is 828. The van der Waals surface area contributed by atoms with Crippen molar-refractivity contribution in [1.29, 1.82) is 0 Å². The van der Waals surface area contributed by atoms with Gasteiger partial charge in [0.25, 0.3) is 0 Å². The van der Waals surface area contributed by atoms with Gasteiger partial charge in [-0.3, -0.25) is 14.5 Å². The zero-order valence-corrected chi connectivity index (χ0v) is 16.9. The lowest BCUT2D eigenvalue weighted by Crippen LogP contribution is -2.55. The smallest absolute Gasteiger partial charge is 0.237 e. The molecule has 3 rings (SSSR count). The minimum absolute atomic E-state index is 0.0910. The molecule has 1 fully saturated rings. The van der Waals surface area contributed by atoms with Crippen molar-refractivity contribution >= 4 is 17.6 Å². The topological polar surface area (TPSA) is 79.3 Å². The molecule has 2 amide bonds. The lowest BCUT2D eigenvalue weighted by atomic mass is 10.1. The van der Waals surface area contributed by atoms with Gasteiger partial charge in [-0.25, -0.2) is 4.68 Å². The lowest BCUT2D eigenvalue weighted by molar-refractivity contribution is -0.132. The molecule has 7 nitrogen and oxygen atoms in total. The molecule has 150 valence electrons. The number of carbonyl (C=O) groups is 2. The third-order valence-electron chi connectivity index (χ3n) is 4.93. The van der Waals surface area contributed by atoms with Crippen LogP contribution in [0.4, 0.5) is 5.82 Å². The Hall–Kier alpha value is -2.67. The Balaban J connectivity index is 1.67. The average molecular weight is 383 g/mol. The van der Waals surface area contributed by atoms with E-state index < -0.39 is 6.04 Å². The van der Waals surface area contributed by atoms with Crippen LogP contribution in [-0.2, 0) is 22.7 Å². The van der Waals surface area contributed by atoms with Crippen LogP contribution in [-0.4, -0.2) is 45.6 Å². The molecule has 1 aliphatic heterocycles. The van der Waals surface area contributed by atoms with Gasteiger partial charge in [-0.2, -0.15) is 5.10 Å². The first kappa shape index (κ1) is 20.1. The highest BCUT2D eigenvalue weighted by Crippen LogP contribution is 2.17. The predicted molar refractivity (Wildman–Crippen MR) is 109 cm³/mol. The van der Waals surface area contributed by atoms with Gasteiger partial charge in [-0.15, -0.1) is 0 Å². The number of aromatic nitrogens is 2. The van der Waals surface area contributed by atoms with E-state index in [1.54, 1.807) is 4.68 Å². The molecule has 0 bridgehead atoms. The number of hydrogen-bond donors (Lipinski definition) is 2. The summed E-state index contributed by atoms with van der Waals surface area (Å²) >= 11 is 0. The van der Waals surface area contributed by atoms with Crippen LogP contribution < -0.4 is 10.6 Å². The molecule has 0 spiro atoms. The fourth-order valence-corrected chi connectivity index (χ4v) is 3.50. The molecule has 0 saturated carbocycles. The molecule has 2 N–H and O–H groups in total. The number of nitrogens with one attached hydrogen (secondary N) is 2. The Morgan fingerprint density at radius 3 is 2.75 bits per heavy atom. The summed E-state index contributed by atoms with van der Waals surface area (Å²) in [5.74, 6) is 0.422. The molecule has 0 radical (unpaired) electrons. The van der Waals surface area contributed by atoms with Gasteiger partial charge in [0, 0.05) is 32.2 Å². The third-order valence-corrected chi connectivity index (χ3v) is 4.93. The van der Waals surface area contributed by atoms with Crippen molar-refractivity contribution in [2.24, 2.45) is 0 Å². The first-order valence-corrected chi connectivity index (χ1v) is 9.88. The summed E-state index contributed by atoms with van der Waals surface area (Å²) in [4.78, 5) is 27.2. The van der Waals surface area contributed by atoms with E-state index in [1.165, 1.54) is 5.56 Å². The highest BCUT2D eigenvalue weighted by molar-refractivity contribution is 5.95. The highest BCUT2D eigenvalue weighted by Gasteiger charge is 2.31. The molecule has 1 aliphatic rings. The zero-order valence-electron chi connectivity index (χ0n) is 16.9. The van der Waals surface area contributed by atoms with Gasteiger partial charge >= 0.3 is 0 Å². The number of amides is 2. The Morgan fingerprint density at radius 1 is 1.29 bits per heavy atom. The normalized spacial score (nSPS) is 17.4. The number of aryl methyl sites for hydroxylation is 3. The lowest BCUT2D eigenvalue weighted by Gasteiger charge is -2.34. The third kappa shape index (κ3) is 4.98. The van der Waals surface area contributed by atoms with Crippen LogP contribution in [0.25, 0.3) is 0 Å². The van der Waals surface area contributed by atoms with Gasteiger partial charge in [-0.1, -0.05) is 36.8 Å². The molecule has 2 heterocycles. The fraction of sp³-hybridized carbons (Fsp3) is 0.476. The Morgan fingerprint density at radius 2 is 2.04 bits per heavy atom. The second-order valence-corrected chi connectivity index (χ2v) is 7.41. The average Bonchev–Trinajstić information content (AvgIpc) is 2.99. The SMILES string of the molecule is CCCn1nc(C)cc1NC(=O)CC1C(=O)NCCN1Cc1ccc(C)cc1. The molecular weight excluding hydrogens is 354 g/mol. The molecule has 0 aliphatic carbocycles. The number of anilines is 1. The van der Waals surface area contributed by atoms with Crippen molar-refractivity contribution in [3.8, 4) is 0 Å². The predicted octanol–water partition coefficient (Wildman–Crippen LogP) is 2.24. The first-order valence-electron chi connectivity index (χ1n) is 9.88. The molecule has 1 aromatic carbocycles. The van der Waals surface area contributed by atoms with Crippen molar-refractivity contribution in [3.05, 3.63) is 47.2 Å². The maximum Gasteiger partial charge on any atom is 0.237 e. The van der Waals surface area contributed by atoms with Crippen LogP contribution in [0, 0.1) is 13.8 Å². The van der Waals surface area contributed by atoms with Crippen LogP contribution in [0.3, 0.4) is 0 Å². The molecule has 28 heavy (non-hydrogen) atoms. The molecule has 1 saturated heterocycles. The molecule has 7 heteroatoms. The van der Waals surface area contributed by atoms with Gasteiger partial charge in [0.2, 0.25) is 11.8 Å². The maximum absolute atomic E-state index is 12.7. The van der Waals surface area contributed by atoms with E-state index in [0.717, 1.165) is 30.8 Å². The van der Waals surface area contributed by atoms with Gasteiger partial charge in [0.1, 0.15) is 5.82 Å². The molecule has 2 aromatic rings. The molecule has 1 atom stereocenters. The summed E-state index contributed by atoms with van der Waals surface area (Å²) in [7, 11) is 0. The number of benzene rings is 1. The molecule has 1 aromatic heterocycles. The van der Waals surface area contributed by atoms with E-state index in [4.69, 9.17) is 0 Å². The van der Waals surface area contributed by atoms with Crippen LogP contribution in [0.15, 0.2) is 30.3 Å². The van der Waals surface area contributed by atoms with E-state index in [1.807, 2.05) is 13.0 Å². The van der Waals surface area contributed by atoms with Gasteiger partial charge < -0.3 is 10.6 Å². The van der Waals surface area contributed by atoms with E-state index in [2.05, 4.69) is 58.7 Å². The number of nitrogens with zero attached hydrogens (tertiary/aromatic N) is 3. The number of rotatable bonds is 7. The van der Waals surface area contributed by atoms with Crippen LogP contribution in [0.1, 0.15) is 36.6 Å². The Kier molecular flexibility index (Phi) is 6.46. The van der Waals surface area contributed by atoms with E-state index in [9.17, 15) is 9.59 Å². The second kappa shape index (κ2) is 9.01. The zero-order chi connectivity index (χ0) is 20.1. The minimum Gasteiger partial charge on any atom is -0.353 e.